The summed E-state index contributed by atoms with van der Waals surface area (Å²) in [6, 6.07) is 0. The lowest BCUT2D eigenvalue weighted by Crippen LogP contribution is -2.62. The summed E-state index contributed by atoms with van der Waals surface area (Å²) in [6.07, 6.45) is -0.0421. The normalized spacial score (nSPS) is 17.1. The van der Waals surface area contributed by atoms with E-state index < -0.39 is 8.56 Å². The molecule has 0 aliphatic heterocycles. The third-order valence-electron chi connectivity index (χ3n) is 2.48. The largest absolute Gasteiger partial charge is 0.397 e. The smallest absolute Gasteiger partial charge is 0.352 e. The lowest BCUT2D eigenvalue weighted by atomic mass is 10.2. The van der Waals surface area contributed by atoms with Crippen molar-refractivity contribution in [3.8, 4) is 0 Å². The molecule has 4 nitrogen and oxygen atoms in total. The van der Waals surface area contributed by atoms with E-state index >= 15 is 0 Å². The summed E-state index contributed by atoms with van der Waals surface area (Å²) in [5.41, 5.74) is 5.94. The zero-order valence-corrected chi connectivity index (χ0v) is 11.1. The van der Waals surface area contributed by atoms with Crippen molar-refractivity contribution in [3.63, 3.8) is 0 Å². The predicted molar refractivity (Wildman–Crippen MR) is 61.0 cm³/mol. The van der Waals surface area contributed by atoms with Crippen LogP contribution in [0, 0.1) is 5.92 Å². The Morgan fingerprint density at radius 3 is 1.79 bits per heavy atom. The maximum Gasteiger partial charge on any atom is 0.352 e. The fourth-order valence-electron chi connectivity index (χ4n) is 1.57. The molecule has 2 atom stereocenters. The Kier molecular flexibility index (Phi) is 5.85. The Morgan fingerprint density at radius 1 is 1.14 bits per heavy atom. The van der Waals surface area contributed by atoms with Crippen LogP contribution >= 0.6 is 0 Å². The molecule has 0 saturated heterocycles. The molecule has 0 heterocycles. The molecular weight excluding hydrogens is 196 g/mol. The van der Waals surface area contributed by atoms with Gasteiger partial charge < -0.3 is 14.6 Å². The zero-order valence-electron chi connectivity index (χ0n) is 10.1. The highest BCUT2D eigenvalue weighted by atomic mass is 28.4. The second-order valence-corrected chi connectivity index (χ2v) is 7.57. The van der Waals surface area contributed by atoms with Crippen molar-refractivity contribution in [2.45, 2.75) is 39.1 Å². The van der Waals surface area contributed by atoms with Gasteiger partial charge in [0.1, 0.15) is 0 Å². The van der Waals surface area contributed by atoms with Gasteiger partial charge in [0.15, 0.2) is 0 Å². The molecular formula is C9H24N2O2Si. The van der Waals surface area contributed by atoms with E-state index in [9.17, 15) is 0 Å². The maximum atomic E-state index is 5.74. The molecule has 0 spiro atoms. The summed E-state index contributed by atoms with van der Waals surface area (Å²) in [7, 11) is 1.26. The lowest BCUT2D eigenvalue weighted by Gasteiger charge is -2.36. The number of hydrogen-bond donors (Lipinski definition) is 2. The predicted octanol–water partition coefficient (Wildman–Crippen LogP) is 0.809. The second kappa shape index (κ2) is 5.82. The van der Waals surface area contributed by atoms with Crippen molar-refractivity contribution >= 4 is 8.56 Å². The summed E-state index contributed by atoms with van der Waals surface area (Å²) in [5, 5.41) is 3.31. The summed E-state index contributed by atoms with van der Waals surface area (Å²) in [5.74, 6) is 0.442. The second-order valence-electron chi connectivity index (χ2n) is 4.10. The van der Waals surface area contributed by atoms with Gasteiger partial charge in [0.25, 0.3) is 0 Å². The fourth-order valence-corrected chi connectivity index (χ4v) is 4.02. The van der Waals surface area contributed by atoms with Crippen molar-refractivity contribution < 1.29 is 8.85 Å². The van der Waals surface area contributed by atoms with E-state index in [2.05, 4.69) is 19.2 Å². The standard InChI is InChI=1S/C9H24N2O2Si/c1-7(2)9(11-8(3)10)14(6,12-4)13-5/h7-9,11H,10H2,1-6H3. The number of rotatable bonds is 6. The molecule has 0 aliphatic carbocycles. The van der Waals surface area contributed by atoms with Crippen LogP contribution in [0.25, 0.3) is 0 Å². The third-order valence-corrected chi connectivity index (χ3v) is 6.07. The van der Waals surface area contributed by atoms with Crippen LogP contribution in [0.5, 0.6) is 0 Å². The number of hydrogen-bond acceptors (Lipinski definition) is 4. The highest BCUT2D eigenvalue weighted by Crippen LogP contribution is 2.17. The van der Waals surface area contributed by atoms with Crippen LogP contribution in [-0.2, 0) is 8.85 Å². The van der Waals surface area contributed by atoms with Crippen molar-refractivity contribution in [1.29, 1.82) is 0 Å². The molecule has 0 aliphatic rings. The van der Waals surface area contributed by atoms with Gasteiger partial charge in [-0.3, -0.25) is 5.32 Å². The molecule has 2 unspecified atom stereocenters. The molecule has 0 aromatic rings. The van der Waals surface area contributed by atoms with Crippen LogP contribution in [0.15, 0.2) is 0 Å². The van der Waals surface area contributed by atoms with Crippen LogP contribution in [0.2, 0.25) is 6.55 Å². The first kappa shape index (κ1) is 14.1. The molecule has 0 amide bonds. The van der Waals surface area contributed by atoms with E-state index in [-0.39, 0.29) is 11.8 Å². The van der Waals surface area contributed by atoms with Crippen LogP contribution in [0.1, 0.15) is 20.8 Å². The third kappa shape index (κ3) is 3.66. The van der Waals surface area contributed by atoms with Crippen LogP contribution in [-0.4, -0.2) is 34.6 Å². The van der Waals surface area contributed by atoms with Gasteiger partial charge in [-0.2, -0.15) is 0 Å². The first-order valence-electron chi connectivity index (χ1n) is 4.99. The van der Waals surface area contributed by atoms with E-state index in [0.717, 1.165) is 0 Å². The number of nitrogens with one attached hydrogen (secondary N) is 1. The van der Waals surface area contributed by atoms with Crippen molar-refractivity contribution in [3.05, 3.63) is 0 Å². The number of nitrogens with two attached hydrogens (primary N) is 1. The topological polar surface area (TPSA) is 56.5 Å². The Morgan fingerprint density at radius 2 is 1.57 bits per heavy atom. The minimum absolute atomic E-state index is 0.0421. The molecule has 0 saturated carbocycles. The van der Waals surface area contributed by atoms with Gasteiger partial charge in [-0.25, -0.2) is 0 Å². The first-order chi connectivity index (χ1) is 6.37. The minimum Gasteiger partial charge on any atom is -0.397 e. The van der Waals surface area contributed by atoms with Crippen LogP contribution < -0.4 is 11.1 Å². The van der Waals surface area contributed by atoms with Crippen molar-refractivity contribution in [2.24, 2.45) is 11.7 Å². The van der Waals surface area contributed by atoms with Gasteiger partial charge in [0.2, 0.25) is 0 Å². The van der Waals surface area contributed by atoms with E-state index in [1.165, 1.54) is 0 Å². The van der Waals surface area contributed by atoms with Gasteiger partial charge in [0.05, 0.1) is 11.8 Å². The Balaban J connectivity index is 4.61. The Hall–Kier alpha value is 0.0569. The van der Waals surface area contributed by atoms with Gasteiger partial charge in [-0.05, 0) is 19.4 Å². The molecule has 0 rings (SSSR count). The highest BCUT2D eigenvalue weighted by molar-refractivity contribution is 6.67. The minimum atomic E-state index is -2.14. The average Bonchev–Trinajstić information content (AvgIpc) is 2.12. The maximum absolute atomic E-state index is 5.74. The molecule has 86 valence electrons. The SMILES string of the molecule is CO[Si](C)(OC)C(NC(C)N)C(C)C. The van der Waals surface area contributed by atoms with Crippen LogP contribution in [0.3, 0.4) is 0 Å². The van der Waals surface area contributed by atoms with Gasteiger partial charge in [0, 0.05) is 14.2 Å². The van der Waals surface area contributed by atoms with Gasteiger partial charge >= 0.3 is 8.56 Å². The zero-order chi connectivity index (χ0) is 11.4. The fraction of sp³-hybridized carbons (Fsp3) is 1.00. The lowest BCUT2D eigenvalue weighted by molar-refractivity contribution is 0.213. The quantitative estimate of drug-likeness (QED) is 0.514. The van der Waals surface area contributed by atoms with Crippen molar-refractivity contribution in [1.82, 2.24) is 5.32 Å². The summed E-state index contributed by atoms with van der Waals surface area (Å²) >= 11 is 0. The molecule has 0 fully saturated rings. The molecule has 0 radical (unpaired) electrons. The Labute approximate surface area is 88.4 Å². The summed E-state index contributed by atoms with van der Waals surface area (Å²) in [4.78, 5) is 0. The van der Waals surface area contributed by atoms with E-state index in [1.54, 1.807) is 14.2 Å². The van der Waals surface area contributed by atoms with E-state index in [1.807, 2.05) is 13.5 Å². The molecule has 14 heavy (non-hydrogen) atoms. The van der Waals surface area contributed by atoms with Crippen molar-refractivity contribution in [2.75, 3.05) is 14.2 Å². The van der Waals surface area contributed by atoms with Gasteiger partial charge in [-0.1, -0.05) is 13.8 Å². The van der Waals surface area contributed by atoms with Crippen LogP contribution in [0.4, 0.5) is 0 Å². The molecule has 5 heteroatoms. The monoisotopic (exact) mass is 220 g/mol. The first-order valence-corrected chi connectivity index (χ1v) is 7.38. The van der Waals surface area contributed by atoms with E-state index in [0.29, 0.717) is 5.92 Å². The molecule has 0 aromatic heterocycles. The van der Waals surface area contributed by atoms with E-state index in [4.69, 9.17) is 14.6 Å². The Bertz CT molecular complexity index is 161. The molecule has 0 aromatic carbocycles. The summed E-state index contributed by atoms with van der Waals surface area (Å²) < 4.78 is 11.0. The summed E-state index contributed by atoms with van der Waals surface area (Å²) in [6.45, 7) is 8.26. The van der Waals surface area contributed by atoms with Gasteiger partial charge in [-0.15, -0.1) is 0 Å². The molecule has 3 N–H and O–H groups in total. The average molecular weight is 220 g/mol. The molecule has 0 bridgehead atoms. The highest BCUT2D eigenvalue weighted by Gasteiger charge is 2.41.